The Bertz CT molecular complexity index is 321. The highest BCUT2D eigenvalue weighted by Crippen LogP contribution is 2.23. The summed E-state index contributed by atoms with van der Waals surface area (Å²) in [5.41, 5.74) is 9.13. The highest BCUT2D eigenvalue weighted by atomic mass is 15.2. The number of nitrogens with two attached hydrogens (primary N) is 1. The fourth-order valence-electron chi connectivity index (χ4n) is 1.52. The first-order chi connectivity index (χ1) is 7.02. The molecule has 0 aliphatic rings. The standard InChI is InChI=1S/C12H21N3/c1-10-11(13)6-5-7-12(10)15(4)9-8-14(2)3/h5-7H,8-9,13H2,1-4H3. The maximum Gasteiger partial charge on any atom is 0.0414 e. The molecule has 0 aromatic heterocycles. The molecule has 0 unspecified atom stereocenters. The van der Waals surface area contributed by atoms with Crippen LogP contribution in [-0.2, 0) is 0 Å². The van der Waals surface area contributed by atoms with Gasteiger partial charge in [-0.25, -0.2) is 0 Å². The summed E-state index contributed by atoms with van der Waals surface area (Å²) in [6, 6.07) is 6.06. The number of anilines is 2. The van der Waals surface area contributed by atoms with Crippen LogP contribution in [0.4, 0.5) is 11.4 Å². The predicted octanol–water partition coefficient (Wildman–Crippen LogP) is 1.58. The van der Waals surface area contributed by atoms with Crippen molar-refractivity contribution in [3.63, 3.8) is 0 Å². The minimum Gasteiger partial charge on any atom is -0.398 e. The molecule has 0 bridgehead atoms. The predicted molar refractivity (Wildman–Crippen MR) is 67.4 cm³/mol. The first kappa shape index (κ1) is 11.9. The van der Waals surface area contributed by atoms with E-state index in [1.165, 1.54) is 11.3 Å². The van der Waals surface area contributed by atoms with E-state index in [0.29, 0.717) is 0 Å². The van der Waals surface area contributed by atoms with Crippen LogP contribution in [0.15, 0.2) is 18.2 Å². The monoisotopic (exact) mass is 207 g/mol. The SMILES string of the molecule is Cc1c(N)cccc1N(C)CCN(C)C. The van der Waals surface area contributed by atoms with Crippen LogP contribution in [0, 0.1) is 6.92 Å². The average molecular weight is 207 g/mol. The molecule has 0 radical (unpaired) electrons. The Kier molecular flexibility index (Phi) is 3.97. The molecule has 1 aromatic rings. The number of nitrogens with zero attached hydrogens (tertiary/aromatic N) is 2. The van der Waals surface area contributed by atoms with E-state index in [1.54, 1.807) is 0 Å². The van der Waals surface area contributed by atoms with Crippen molar-refractivity contribution in [1.82, 2.24) is 4.90 Å². The molecule has 1 aromatic carbocycles. The summed E-state index contributed by atoms with van der Waals surface area (Å²) in [7, 11) is 6.27. The molecular formula is C12H21N3. The second-order valence-corrected chi connectivity index (χ2v) is 4.22. The van der Waals surface area contributed by atoms with E-state index in [9.17, 15) is 0 Å². The quantitative estimate of drug-likeness (QED) is 0.761. The molecule has 0 saturated carbocycles. The molecule has 0 amide bonds. The topological polar surface area (TPSA) is 32.5 Å². The molecule has 0 aliphatic carbocycles. The molecule has 84 valence electrons. The van der Waals surface area contributed by atoms with Gasteiger partial charge < -0.3 is 15.5 Å². The molecule has 0 atom stereocenters. The Morgan fingerprint density at radius 3 is 2.40 bits per heavy atom. The van der Waals surface area contributed by atoms with E-state index in [4.69, 9.17) is 5.73 Å². The number of nitrogen functional groups attached to an aromatic ring is 1. The summed E-state index contributed by atoms with van der Waals surface area (Å²) < 4.78 is 0. The highest BCUT2D eigenvalue weighted by molar-refractivity contribution is 5.63. The summed E-state index contributed by atoms with van der Waals surface area (Å²) in [5, 5.41) is 0. The van der Waals surface area contributed by atoms with Gasteiger partial charge in [0.1, 0.15) is 0 Å². The van der Waals surface area contributed by atoms with Gasteiger partial charge in [0.2, 0.25) is 0 Å². The Balaban J connectivity index is 2.73. The lowest BCUT2D eigenvalue weighted by Crippen LogP contribution is -2.28. The maximum atomic E-state index is 5.88. The molecule has 0 fully saturated rings. The van der Waals surface area contributed by atoms with Gasteiger partial charge in [-0.1, -0.05) is 6.07 Å². The zero-order chi connectivity index (χ0) is 11.4. The van der Waals surface area contributed by atoms with Crippen LogP contribution in [0.25, 0.3) is 0 Å². The summed E-state index contributed by atoms with van der Waals surface area (Å²) in [6.07, 6.45) is 0. The van der Waals surface area contributed by atoms with Crippen LogP contribution in [0.2, 0.25) is 0 Å². The van der Waals surface area contributed by atoms with E-state index in [1.807, 2.05) is 12.1 Å². The Morgan fingerprint density at radius 2 is 1.80 bits per heavy atom. The minimum absolute atomic E-state index is 0.865. The Morgan fingerprint density at radius 1 is 1.13 bits per heavy atom. The van der Waals surface area contributed by atoms with E-state index in [2.05, 4.69) is 43.9 Å². The second kappa shape index (κ2) is 5.03. The van der Waals surface area contributed by atoms with Crippen LogP contribution in [0.3, 0.4) is 0 Å². The van der Waals surface area contributed by atoms with Crippen LogP contribution >= 0.6 is 0 Å². The van der Waals surface area contributed by atoms with E-state index in [0.717, 1.165) is 18.8 Å². The van der Waals surface area contributed by atoms with Crippen molar-refractivity contribution in [2.45, 2.75) is 6.92 Å². The number of benzene rings is 1. The molecule has 15 heavy (non-hydrogen) atoms. The van der Waals surface area contributed by atoms with Crippen molar-refractivity contribution in [2.24, 2.45) is 0 Å². The van der Waals surface area contributed by atoms with Crippen LogP contribution in [0.5, 0.6) is 0 Å². The molecular weight excluding hydrogens is 186 g/mol. The van der Waals surface area contributed by atoms with Crippen molar-refractivity contribution < 1.29 is 0 Å². The lowest BCUT2D eigenvalue weighted by atomic mass is 10.1. The largest absolute Gasteiger partial charge is 0.398 e. The zero-order valence-corrected chi connectivity index (χ0v) is 10.1. The van der Waals surface area contributed by atoms with Gasteiger partial charge in [0.15, 0.2) is 0 Å². The van der Waals surface area contributed by atoms with Gasteiger partial charge in [-0.3, -0.25) is 0 Å². The number of hydrogen-bond acceptors (Lipinski definition) is 3. The summed E-state index contributed by atoms with van der Waals surface area (Å²) in [5.74, 6) is 0. The smallest absolute Gasteiger partial charge is 0.0414 e. The third-order valence-corrected chi connectivity index (χ3v) is 2.64. The Labute approximate surface area is 92.5 Å². The molecule has 3 heteroatoms. The first-order valence-electron chi connectivity index (χ1n) is 5.23. The van der Waals surface area contributed by atoms with Crippen LogP contribution < -0.4 is 10.6 Å². The molecule has 0 aliphatic heterocycles. The van der Waals surface area contributed by atoms with Crippen LogP contribution in [0.1, 0.15) is 5.56 Å². The van der Waals surface area contributed by atoms with E-state index in [-0.39, 0.29) is 0 Å². The van der Waals surface area contributed by atoms with Crippen molar-refractivity contribution in [1.29, 1.82) is 0 Å². The van der Waals surface area contributed by atoms with Gasteiger partial charge in [-0.05, 0) is 38.7 Å². The Hall–Kier alpha value is -1.22. The van der Waals surface area contributed by atoms with Gasteiger partial charge in [-0.15, -0.1) is 0 Å². The number of rotatable bonds is 4. The molecule has 0 spiro atoms. The maximum absolute atomic E-state index is 5.88. The fourth-order valence-corrected chi connectivity index (χ4v) is 1.52. The van der Waals surface area contributed by atoms with Crippen LogP contribution in [-0.4, -0.2) is 39.1 Å². The van der Waals surface area contributed by atoms with Crippen molar-refractivity contribution in [3.05, 3.63) is 23.8 Å². The zero-order valence-electron chi connectivity index (χ0n) is 10.1. The normalized spacial score (nSPS) is 10.7. The third-order valence-electron chi connectivity index (χ3n) is 2.64. The lowest BCUT2D eigenvalue weighted by Gasteiger charge is -2.23. The molecule has 2 N–H and O–H groups in total. The summed E-state index contributed by atoms with van der Waals surface area (Å²) in [4.78, 5) is 4.42. The first-order valence-corrected chi connectivity index (χ1v) is 5.23. The molecule has 0 heterocycles. The minimum atomic E-state index is 0.865. The van der Waals surface area contributed by atoms with E-state index >= 15 is 0 Å². The summed E-state index contributed by atoms with van der Waals surface area (Å²) >= 11 is 0. The van der Waals surface area contributed by atoms with Gasteiger partial charge in [0.25, 0.3) is 0 Å². The summed E-state index contributed by atoms with van der Waals surface area (Å²) in [6.45, 7) is 4.12. The van der Waals surface area contributed by atoms with Crippen molar-refractivity contribution in [2.75, 3.05) is 44.9 Å². The molecule has 1 rings (SSSR count). The van der Waals surface area contributed by atoms with E-state index < -0.39 is 0 Å². The van der Waals surface area contributed by atoms with Crippen molar-refractivity contribution in [3.8, 4) is 0 Å². The second-order valence-electron chi connectivity index (χ2n) is 4.22. The number of likely N-dealkylation sites (N-methyl/N-ethyl adjacent to an activating group) is 2. The van der Waals surface area contributed by atoms with Gasteiger partial charge in [-0.2, -0.15) is 0 Å². The fraction of sp³-hybridized carbons (Fsp3) is 0.500. The number of hydrogen-bond donors (Lipinski definition) is 1. The van der Waals surface area contributed by atoms with Gasteiger partial charge in [0.05, 0.1) is 0 Å². The molecule has 0 saturated heterocycles. The third kappa shape index (κ3) is 3.13. The average Bonchev–Trinajstić information content (AvgIpc) is 2.18. The van der Waals surface area contributed by atoms with Gasteiger partial charge >= 0.3 is 0 Å². The molecule has 3 nitrogen and oxygen atoms in total. The highest BCUT2D eigenvalue weighted by Gasteiger charge is 2.06. The van der Waals surface area contributed by atoms with Gasteiger partial charge in [0, 0.05) is 31.5 Å². The lowest BCUT2D eigenvalue weighted by molar-refractivity contribution is 0.416. The van der Waals surface area contributed by atoms with Crippen molar-refractivity contribution >= 4 is 11.4 Å².